The Morgan fingerprint density at radius 1 is 1.10 bits per heavy atom. The molecule has 20 heavy (non-hydrogen) atoms. The number of hydrogen-bond acceptors (Lipinski definition) is 4. The van der Waals surface area contributed by atoms with Gasteiger partial charge in [0, 0.05) is 23.5 Å². The Labute approximate surface area is 110 Å². The Morgan fingerprint density at radius 3 is 2.45 bits per heavy atom. The second-order valence-corrected chi connectivity index (χ2v) is 4.30. The van der Waals surface area contributed by atoms with Gasteiger partial charge in [-0.2, -0.15) is 17.7 Å². The largest absolute Gasteiger partial charge is 0.453 e. The summed E-state index contributed by atoms with van der Waals surface area (Å²) >= 11 is 0. The molecule has 3 aromatic heterocycles. The average molecular weight is 282 g/mol. The number of alkyl halides is 3. The lowest BCUT2D eigenvalue weighted by molar-refractivity contribution is -0.146. The molecule has 0 aliphatic rings. The van der Waals surface area contributed by atoms with Crippen LogP contribution >= 0.6 is 0 Å². The number of aryl methyl sites for hydroxylation is 1. The molecule has 0 bridgehead atoms. The second kappa shape index (κ2) is 4.02. The first kappa shape index (κ1) is 12.6. The van der Waals surface area contributed by atoms with Crippen LogP contribution in [0.3, 0.4) is 0 Å². The molecule has 104 valence electrons. The van der Waals surface area contributed by atoms with Gasteiger partial charge >= 0.3 is 6.18 Å². The van der Waals surface area contributed by atoms with Crippen molar-refractivity contribution in [3.63, 3.8) is 0 Å². The molecule has 0 fully saturated rings. The van der Waals surface area contributed by atoms with E-state index in [0.717, 1.165) is 10.1 Å². The van der Waals surface area contributed by atoms with Crippen molar-refractivity contribution in [1.82, 2.24) is 29.4 Å². The Morgan fingerprint density at radius 2 is 1.85 bits per heavy atom. The van der Waals surface area contributed by atoms with Crippen LogP contribution in [-0.4, -0.2) is 29.4 Å². The third kappa shape index (κ3) is 1.74. The molecule has 3 heterocycles. The quantitative estimate of drug-likeness (QED) is 0.684. The highest BCUT2D eigenvalue weighted by Crippen LogP contribution is 2.29. The van der Waals surface area contributed by atoms with Crippen LogP contribution < -0.4 is 0 Å². The SMILES string of the molecule is Cc1c(-n2ccnc2)nn2c(C(F)(F)F)nnc2c1C. The first-order valence-corrected chi connectivity index (χ1v) is 5.67. The van der Waals surface area contributed by atoms with E-state index >= 15 is 0 Å². The molecule has 3 rings (SSSR count). The Bertz CT molecular complexity index is 772. The normalized spacial score (nSPS) is 12.2. The number of hydrogen-bond donors (Lipinski definition) is 0. The van der Waals surface area contributed by atoms with Crippen LogP contribution in [-0.2, 0) is 6.18 Å². The van der Waals surface area contributed by atoms with Crippen molar-refractivity contribution in [2.75, 3.05) is 0 Å². The molecule has 0 aliphatic carbocycles. The van der Waals surface area contributed by atoms with Crippen LogP contribution in [0.15, 0.2) is 18.7 Å². The molecule has 0 aliphatic heterocycles. The van der Waals surface area contributed by atoms with Gasteiger partial charge in [0.25, 0.3) is 5.82 Å². The molecule has 0 radical (unpaired) electrons. The van der Waals surface area contributed by atoms with Gasteiger partial charge in [-0.25, -0.2) is 4.98 Å². The van der Waals surface area contributed by atoms with E-state index in [4.69, 9.17) is 0 Å². The zero-order valence-corrected chi connectivity index (χ0v) is 10.5. The lowest BCUT2D eigenvalue weighted by Gasteiger charge is -2.10. The van der Waals surface area contributed by atoms with Crippen molar-refractivity contribution < 1.29 is 13.2 Å². The fourth-order valence-electron chi connectivity index (χ4n) is 1.92. The van der Waals surface area contributed by atoms with E-state index in [9.17, 15) is 13.2 Å². The lowest BCUT2D eigenvalue weighted by Crippen LogP contribution is -2.15. The van der Waals surface area contributed by atoms with Gasteiger partial charge in [-0.1, -0.05) is 0 Å². The predicted octanol–water partition coefficient (Wildman–Crippen LogP) is 1.95. The number of fused-ring (bicyclic) bond motifs is 1. The van der Waals surface area contributed by atoms with Crippen LogP contribution in [0, 0.1) is 13.8 Å². The highest BCUT2D eigenvalue weighted by Gasteiger charge is 2.38. The summed E-state index contributed by atoms with van der Waals surface area (Å²) in [4.78, 5) is 3.87. The van der Waals surface area contributed by atoms with Crippen LogP contribution in [0.1, 0.15) is 17.0 Å². The van der Waals surface area contributed by atoms with Crippen molar-refractivity contribution in [2.24, 2.45) is 0 Å². The summed E-state index contributed by atoms with van der Waals surface area (Å²) in [7, 11) is 0. The van der Waals surface area contributed by atoms with Crippen LogP contribution in [0.25, 0.3) is 11.5 Å². The molecular weight excluding hydrogens is 273 g/mol. The van der Waals surface area contributed by atoms with Gasteiger partial charge in [-0.15, -0.1) is 15.3 Å². The third-order valence-corrected chi connectivity index (χ3v) is 3.07. The minimum absolute atomic E-state index is 0.0960. The molecule has 0 saturated heterocycles. The second-order valence-electron chi connectivity index (χ2n) is 4.30. The first-order chi connectivity index (χ1) is 9.39. The highest BCUT2D eigenvalue weighted by molar-refractivity contribution is 5.54. The Kier molecular flexibility index (Phi) is 2.53. The molecule has 0 aromatic carbocycles. The predicted molar refractivity (Wildman–Crippen MR) is 62.4 cm³/mol. The molecule has 0 amide bonds. The molecule has 0 unspecified atom stereocenters. The van der Waals surface area contributed by atoms with Crippen LogP contribution in [0.4, 0.5) is 13.2 Å². The molecule has 9 heteroatoms. The molecule has 3 aromatic rings. The van der Waals surface area contributed by atoms with Crippen LogP contribution in [0.5, 0.6) is 0 Å². The van der Waals surface area contributed by atoms with Gasteiger partial charge in [0.05, 0.1) is 0 Å². The lowest BCUT2D eigenvalue weighted by atomic mass is 10.2. The monoisotopic (exact) mass is 282 g/mol. The van der Waals surface area contributed by atoms with Crippen molar-refractivity contribution in [3.8, 4) is 5.82 Å². The zero-order valence-electron chi connectivity index (χ0n) is 10.5. The van der Waals surface area contributed by atoms with Crippen molar-refractivity contribution in [1.29, 1.82) is 0 Å². The third-order valence-electron chi connectivity index (χ3n) is 3.07. The summed E-state index contributed by atoms with van der Waals surface area (Å²) in [5.41, 5.74) is 1.40. The number of rotatable bonds is 1. The first-order valence-electron chi connectivity index (χ1n) is 5.67. The number of nitrogens with zero attached hydrogens (tertiary/aromatic N) is 6. The highest BCUT2D eigenvalue weighted by atomic mass is 19.4. The smallest absolute Gasteiger partial charge is 0.289 e. The summed E-state index contributed by atoms with van der Waals surface area (Å²) in [6.45, 7) is 3.45. The van der Waals surface area contributed by atoms with E-state index in [0.29, 0.717) is 11.4 Å². The number of aromatic nitrogens is 6. The summed E-state index contributed by atoms with van der Waals surface area (Å²) in [5.74, 6) is -0.783. The molecule has 0 saturated carbocycles. The maximum absolute atomic E-state index is 12.9. The number of imidazole rings is 1. The van der Waals surface area contributed by atoms with E-state index in [1.165, 1.54) is 12.5 Å². The maximum atomic E-state index is 12.9. The number of halogens is 3. The van der Waals surface area contributed by atoms with Gasteiger partial charge in [0.2, 0.25) is 0 Å². The van der Waals surface area contributed by atoms with Crippen molar-refractivity contribution in [3.05, 3.63) is 35.7 Å². The summed E-state index contributed by atoms with van der Waals surface area (Å²) < 4.78 is 40.9. The summed E-state index contributed by atoms with van der Waals surface area (Å²) in [6, 6.07) is 0. The van der Waals surface area contributed by atoms with E-state index < -0.39 is 12.0 Å². The van der Waals surface area contributed by atoms with Gasteiger partial charge in [0.1, 0.15) is 6.33 Å². The molecule has 0 atom stereocenters. The van der Waals surface area contributed by atoms with E-state index in [1.807, 2.05) is 0 Å². The minimum atomic E-state index is -4.61. The fourth-order valence-corrected chi connectivity index (χ4v) is 1.92. The standard InChI is InChI=1S/C11H9F3N6/c1-6-7(2)9(19-4-3-15-5-19)18-20-8(6)16-17-10(20)11(12,13)14/h3-5H,1-2H3. The topological polar surface area (TPSA) is 60.9 Å². The Balaban J connectivity index is 2.36. The fraction of sp³-hybridized carbons (Fsp3) is 0.273. The van der Waals surface area contributed by atoms with Crippen LogP contribution in [0.2, 0.25) is 0 Å². The zero-order chi connectivity index (χ0) is 14.5. The van der Waals surface area contributed by atoms with E-state index in [2.05, 4.69) is 20.3 Å². The van der Waals surface area contributed by atoms with Gasteiger partial charge in [-0.05, 0) is 13.8 Å². The molecular formula is C11H9F3N6. The van der Waals surface area contributed by atoms with E-state index in [1.54, 1.807) is 24.6 Å². The summed E-state index contributed by atoms with van der Waals surface area (Å²) in [5, 5.41) is 10.8. The average Bonchev–Trinajstić information content (AvgIpc) is 3.00. The summed E-state index contributed by atoms with van der Waals surface area (Å²) in [6.07, 6.45) is -0.00570. The molecule has 0 N–H and O–H groups in total. The van der Waals surface area contributed by atoms with Crippen molar-refractivity contribution in [2.45, 2.75) is 20.0 Å². The Hall–Kier alpha value is -2.45. The molecule has 6 nitrogen and oxygen atoms in total. The van der Waals surface area contributed by atoms with Gasteiger partial charge in [0.15, 0.2) is 11.5 Å². The van der Waals surface area contributed by atoms with Gasteiger partial charge in [-0.3, -0.25) is 4.57 Å². The minimum Gasteiger partial charge on any atom is -0.289 e. The van der Waals surface area contributed by atoms with Gasteiger partial charge < -0.3 is 0 Å². The maximum Gasteiger partial charge on any atom is 0.453 e. The van der Waals surface area contributed by atoms with E-state index in [-0.39, 0.29) is 5.65 Å². The van der Waals surface area contributed by atoms with Crippen molar-refractivity contribution >= 4 is 5.65 Å². The molecule has 0 spiro atoms.